The van der Waals surface area contributed by atoms with Crippen LogP contribution < -0.4 is 29.6 Å². The summed E-state index contributed by atoms with van der Waals surface area (Å²) in [6.45, 7) is 8.36. The zero-order valence-electron chi connectivity index (χ0n) is 34.8. The fraction of sp³-hybridized carbons (Fsp3) is 0.634. The predicted octanol–water partition coefficient (Wildman–Crippen LogP) is 5.31. The molecule has 2 aliphatic heterocycles. The maximum atomic E-state index is 14.8. The monoisotopic (exact) mass is 865 g/mol. The topological polar surface area (TPSA) is 192 Å². The lowest BCUT2D eigenvalue weighted by Crippen LogP contribution is -2.59. The van der Waals surface area contributed by atoms with Crippen molar-refractivity contribution in [2.45, 2.75) is 127 Å². The molecule has 1 saturated heterocycles. The van der Waals surface area contributed by atoms with Crippen LogP contribution in [0.15, 0.2) is 36.4 Å². The lowest BCUT2D eigenvalue weighted by molar-refractivity contribution is -0.244. The molecule has 2 aromatic rings. The largest absolute Gasteiger partial charge is 0.497 e. The number of hydrogen-bond acceptors (Lipinski definition) is 11. The molecular weight excluding hydrogens is 812 g/mol. The predicted molar refractivity (Wildman–Crippen MR) is 213 cm³/mol. The number of rotatable bonds is 10. The van der Waals surface area contributed by atoms with Gasteiger partial charge in [0.15, 0.2) is 0 Å². The molecule has 0 spiro atoms. The van der Waals surface area contributed by atoms with Gasteiger partial charge in [0.05, 0.1) is 25.0 Å². The Morgan fingerprint density at radius 2 is 1.82 bits per heavy atom. The number of allylic oxidation sites excluding steroid dienone is 1. The van der Waals surface area contributed by atoms with Gasteiger partial charge < -0.3 is 34.5 Å². The number of alkyl halides is 3. The molecule has 19 heteroatoms. The van der Waals surface area contributed by atoms with Crippen LogP contribution in [0.25, 0.3) is 10.8 Å². The summed E-state index contributed by atoms with van der Waals surface area (Å²) in [5.41, 5.74) is -4.56. The molecule has 15 nitrogen and oxygen atoms in total. The molecule has 7 atom stereocenters. The van der Waals surface area contributed by atoms with E-state index in [4.69, 9.17) is 18.9 Å². The van der Waals surface area contributed by atoms with E-state index in [-0.39, 0.29) is 43.7 Å². The van der Waals surface area contributed by atoms with Crippen LogP contribution in [-0.4, -0.2) is 103 Å². The summed E-state index contributed by atoms with van der Waals surface area (Å²) in [6, 6.07) is 4.10. The number of carbonyl (C=O) groups excluding carboxylic acids is 4. The standard InChI is InChI=1S/C41H54F3N5O10S/c1-8-57-31-19-25-18-27(56-7)13-14-29(25)34(45-31)58-28-20-30-33(50)47-40(36(52)48-60(54,55)39(6)15-16-39)21-26(40)12-10-9-11-23(2)17-24(3)32(35(51)49(30)22-28)46-37(53)59-38(4,5)41(42,43)44/h10,12-14,18-19,23-24,26,28,30,32H,8-9,11,15-17,20-22H2,1-7H3,(H,46,53)(H,47,50)(H,48,52)/b12-10-/t23-,24-,26?,28-,30+,32+,40-/m1/s1. The van der Waals surface area contributed by atoms with Crippen LogP contribution in [0.2, 0.25) is 0 Å². The third kappa shape index (κ3) is 9.24. The minimum absolute atomic E-state index is 0.0491. The number of sulfonamides is 1. The van der Waals surface area contributed by atoms with E-state index in [1.165, 1.54) is 18.9 Å². The molecule has 60 heavy (non-hydrogen) atoms. The number of methoxy groups -OCH3 is 1. The molecule has 0 bridgehead atoms. The van der Waals surface area contributed by atoms with Crippen molar-refractivity contribution in [3.8, 4) is 17.5 Å². The minimum atomic E-state index is -4.92. The van der Waals surface area contributed by atoms with Gasteiger partial charge in [-0.15, -0.1) is 0 Å². The minimum Gasteiger partial charge on any atom is -0.497 e. The number of nitrogens with one attached hydrogen (secondary N) is 3. The van der Waals surface area contributed by atoms with Crippen molar-refractivity contribution in [1.29, 1.82) is 0 Å². The first kappa shape index (κ1) is 44.7. The summed E-state index contributed by atoms with van der Waals surface area (Å²) in [4.78, 5) is 62.3. The summed E-state index contributed by atoms with van der Waals surface area (Å²) in [7, 11) is -2.57. The summed E-state index contributed by atoms with van der Waals surface area (Å²) < 4.78 is 91.2. The fourth-order valence-electron chi connectivity index (χ4n) is 7.82. The number of nitrogens with zero attached hydrogens (tertiary/aromatic N) is 2. The van der Waals surface area contributed by atoms with E-state index >= 15 is 0 Å². The number of alkyl carbamates (subject to hydrolysis) is 1. The zero-order valence-corrected chi connectivity index (χ0v) is 35.6. The first-order valence-electron chi connectivity index (χ1n) is 20.2. The molecule has 2 aliphatic carbocycles. The van der Waals surface area contributed by atoms with Crippen molar-refractivity contribution >= 4 is 44.6 Å². The maximum absolute atomic E-state index is 14.8. The smallest absolute Gasteiger partial charge is 0.427 e. The molecule has 4 aliphatic rings. The van der Waals surface area contributed by atoms with Gasteiger partial charge in [-0.1, -0.05) is 26.0 Å². The van der Waals surface area contributed by atoms with Crippen molar-refractivity contribution in [3.63, 3.8) is 0 Å². The van der Waals surface area contributed by atoms with E-state index < -0.39 is 85.9 Å². The van der Waals surface area contributed by atoms with Crippen LogP contribution in [0.4, 0.5) is 18.0 Å². The molecule has 330 valence electrons. The van der Waals surface area contributed by atoms with Gasteiger partial charge in [-0.05, 0) is 102 Å². The third-order valence-corrected chi connectivity index (χ3v) is 14.3. The Morgan fingerprint density at radius 3 is 2.47 bits per heavy atom. The van der Waals surface area contributed by atoms with Gasteiger partial charge in [-0.3, -0.25) is 19.1 Å². The number of halogens is 3. The molecule has 0 radical (unpaired) electrons. The van der Waals surface area contributed by atoms with Gasteiger partial charge in [0.2, 0.25) is 39.2 Å². The van der Waals surface area contributed by atoms with E-state index in [1.54, 1.807) is 44.2 Å². The maximum Gasteiger partial charge on any atom is 0.427 e. The lowest BCUT2D eigenvalue weighted by Gasteiger charge is -2.34. The average Bonchev–Trinajstić information content (AvgIpc) is 4.04. The molecule has 1 aromatic heterocycles. The molecule has 4 amide bonds. The highest BCUT2D eigenvalue weighted by molar-refractivity contribution is 7.91. The van der Waals surface area contributed by atoms with E-state index in [9.17, 15) is 40.8 Å². The number of benzene rings is 1. The molecule has 1 unspecified atom stereocenters. The van der Waals surface area contributed by atoms with Crippen LogP contribution in [0.1, 0.15) is 86.5 Å². The molecular formula is C41H54F3N5O10S. The number of ether oxygens (including phenoxy) is 4. The first-order valence-corrected chi connectivity index (χ1v) is 21.7. The normalized spacial score (nSPS) is 28.8. The Hall–Kier alpha value is -4.81. The average molecular weight is 866 g/mol. The summed E-state index contributed by atoms with van der Waals surface area (Å²) in [5.74, 6) is -2.85. The summed E-state index contributed by atoms with van der Waals surface area (Å²) in [5, 5.41) is 6.40. The summed E-state index contributed by atoms with van der Waals surface area (Å²) in [6.07, 6.45) is -1.50. The van der Waals surface area contributed by atoms with E-state index in [0.717, 1.165) is 0 Å². The van der Waals surface area contributed by atoms with E-state index in [0.29, 0.717) is 62.5 Å². The van der Waals surface area contributed by atoms with Crippen LogP contribution in [0.3, 0.4) is 0 Å². The number of hydrogen-bond donors (Lipinski definition) is 3. The van der Waals surface area contributed by atoms with Crippen LogP contribution in [-0.2, 0) is 29.1 Å². The molecule has 3 fully saturated rings. The highest BCUT2D eigenvalue weighted by Crippen LogP contribution is 2.48. The van der Waals surface area contributed by atoms with Crippen LogP contribution >= 0.6 is 0 Å². The Labute approximate surface area is 347 Å². The van der Waals surface area contributed by atoms with E-state index in [1.807, 2.05) is 13.0 Å². The van der Waals surface area contributed by atoms with Crippen molar-refractivity contribution in [1.82, 2.24) is 25.2 Å². The number of carbonyl (C=O) groups is 4. The Kier molecular flexibility index (Phi) is 12.4. The van der Waals surface area contributed by atoms with Gasteiger partial charge in [-0.2, -0.15) is 18.2 Å². The lowest BCUT2D eigenvalue weighted by atomic mass is 9.88. The van der Waals surface area contributed by atoms with Crippen molar-refractivity contribution in [3.05, 3.63) is 36.4 Å². The zero-order chi connectivity index (χ0) is 44.0. The first-order chi connectivity index (χ1) is 28.0. The molecule has 3 N–H and O–H groups in total. The van der Waals surface area contributed by atoms with Crippen molar-refractivity contribution < 1.29 is 59.7 Å². The van der Waals surface area contributed by atoms with Gasteiger partial charge in [0.1, 0.15) is 29.5 Å². The van der Waals surface area contributed by atoms with Gasteiger partial charge in [-0.25, -0.2) is 13.2 Å². The molecule has 6 rings (SSSR count). The van der Waals surface area contributed by atoms with Gasteiger partial charge in [0.25, 0.3) is 5.91 Å². The highest BCUT2D eigenvalue weighted by atomic mass is 32.2. The second-order valence-electron chi connectivity index (χ2n) is 17.3. The third-order valence-electron chi connectivity index (χ3n) is 12.1. The second kappa shape index (κ2) is 16.6. The van der Waals surface area contributed by atoms with Crippen LogP contribution in [0, 0.1) is 17.8 Å². The SMILES string of the molecule is CCOc1cc2cc(OC)ccc2c(O[C@@H]2C[C@H]3C(=O)N[C@]4(C(=O)NS(=O)(=O)C5(C)CC5)CC4/C=C\CC[C@@H](C)C[C@@H](C)[C@H](NC(=O)OC(C)(C)C(F)(F)F)C(=O)N3C2)n1. The number of fused-ring (bicyclic) bond motifs is 3. The van der Waals surface area contributed by atoms with Crippen molar-refractivity contribution in [2.75, 3.05) is 20.3 Å². The number of amides is 4. The number of pyridine rings is 1. The quantitative estimate of drug-likeness (QED) is 0.262. The molecule has 2 saturated carbocycles. The van der Waals surface area contributed by atoms with Crippen LogP contribution in [0.5, 0.6) is 17.5 Å². The van der Waals surface area contributed by atoms with Crippen molar-refractivity contribution in [2.24, 2.45) is 17.8 Å². The Bertz CT molecular complexity index is 2150. The highest BCUT2D eigenvalue weighted by Gasteiger charge is 2.63. The van der Waals surface area contributed by atoms with E-state index in [2.05, 4.69) is 20.3 Å². The fourth-order valence-corrected chi connectivity index (χ4v) is 9.13. The Balaban J connectivity index is 1.37. The Morgan fingerprint density at radius 1 is 1.10 bits per heavy atom. The number of aromatic nitrogens is 1. The molecule has 1 aromatic carbocycles. The van der Waals surface area contributed by atoms with Gasteiger partial charge >= 0.3 is 12.3 Å². The second-order valence-corrected chi connectivity index (χ2v) is 19.5. The van der Waals surface area contributed by atoms with Gasteiger partial charge in [0, 0.05) is 23.8 Å². The summed E-state index contributed by atoms with van der Waals surface area (Å²) >= 11 is 0. The molecule has 3 heterocycles.